The third-order valence-corrected chi connectivity index (χ3v) is 1.56. The van der Waals surface area contributed by atoms with Crippen LogP contribution in [0.1, 0.15) is 5.56 Å². The molecule has 0 heterocycles. The van der Waals surface area contributed by atoms with Gasteiger partial charge >= 0.3 is 7.48 Å². The van der Waals surface area contributed by atoms with Crippen LogP contribution in [-0.2, 0) is 6.54 Å². The van der Waals surface area contributed by atoms with Crippen LogP contribution in [0.15, 0.2) is 24.3 Å². The molecular weight excluding hydrogens is 137 g/mol. The van der Waals surface area contributed by atoms with Crippen molar-refractivity contribution in [2.45, 2.75) is 6.54 Å². The largest absolute Gasteiger partial charge is 0.450 e. The van der Waals surface area contributed by atoms with E-state index in [0.717, 1.165) is 25.1 Å². The van der Waals surface area contributed by atoms with Gasteiger partial charge in [0.15, 0.2) is 0 Å². The molecule has 0 fully saturated rings. The topological polar surface area (TPSA) is 32.3 Å². The molecule has 0 aliphatic heterocycles. The summed E-state index contributed by atoms with van der Waals surface area (Å²) in [6.45, 7) is 0.785. The van der Waals surface area contributed by atoms with Crippen LogP contribution in [0, 0.1) is 0 Å². The second-order valence-electron chi connectivity index (χ2n) is 2.36. The van der Waals surface area contributed by atoms with Gasteiger partial charge in [0, 0.05) is 6.54 Å². The maximum Gasteiger partial charge on any atom is 0.327 e. The van der Waals surface area contributed by atoms with E-state index in [2.05, 4.69) is 5.32 Å². The summed E-state index contributed by atoms with van der Waals surface area (Å²) in [7, 11) is 3.01. The fourth-order valence-corrected chi connectivity index (χ4v) is 1.01. The Morgan fingerprint density at radius 3 is 2.82 bits per heavy atom. The lowest BCUT2D eigenvalue weighted by molar-refractivity contribution is 0.614. The van der Waals surface area contributed by atoms with E-state index in [1.807, 2.05) is 31.3 Å². The van der Waals surface area contributed by atoms with Crippen LogP contribution in [-0.4, -0.2) is 19.6 Å². The Balaban J connectivity index is 2.83. The van der Waals surface area contributed by atoms with Crippen molar-refractivity contribution in [3.63, 3.8) is 0 Å². The van der Waals surface area contributed by atoms with Crippen LogP contribution in [0.4, 0.5) is 0 Å². The molecular formula is C8H11BNO. The highest BCUT2D eigenvalue weighted by Crippen LogP contribution is 1.93. The first kappa shape index (κ1) is 8.30. The van der Waals surface area contributed by atoms with Crippen molar-refractivity contribution in [1.82, 2.24) is 5.32 Å². The SMILES string of the molecule is CNCc1ccccc1[B]O. The highest BCUT2D eigenvalue weighted by molar-refractivity contribution is 6.46. The second kappa shape index (κ2) is 4.16. The van der Waals surface area contributed by atoms with Gasteiger partial charge in [-0.25, -0.2) is 0 Å². The fraction of sp³-hybridized carbons (Fsp3) is 0.250. The lowest BCUT2D eigenvalue weighted by atomic mass is 9.84. The Morgan fingerprint density at radius 1 is 1.45 bits per heavy atom. The number of benzene rings is 1. The third kappa shape index (κ3) is 2.07. The summed E-state index contributed by atoms with van der Waals surface area (Å²) >= 11 is 0. The van der Waals surface area contributed by atoms with Crippen molar-refractivity contribution in [1.29, 1.82) is 0 Å². The number of rotatable bonds is 3. The molecule has 2 nitrogen and oxygen atoms in total. The van der Waals surface area contributed by atoms with Crippen LogP contribution < -0.4 is 10.8 Å². The van der Waals surface area contributed by atoms with Gasteiger partial charge in [-0.3, -0.25) is 0 Å². The quantitative estimate of drug-likeness (QED) is 0.574. The van der Waals surface area contributed by atoms with E-state index in [4.69, 9.17) is 5.02 Å². The Hall–Kier alpha value is -0.795. The average molecular weight is 148 g/mol. The first-order valence-corrected chi connectivity index (χ1v) is 3.58. The molecule has 11 heavy (non-hydrogen) atoms. The Labute approximate surface area is 67.5 Å². The normalized spacial score (nSPS) is 9.64. The summed E-state index contributed by atoms with van der Waals surface area (Å²) < 4.78 is 0. The van der Waals surface area contributed by atoms with Crippen LogP contribution in [0.5, 0.6) is 0 Å². The summed E-state index contributed by atoms with van der Waals surface area (Å²) in [6, 6.07) is 7.73. The Bertz CT molecular complexity index is 227. The van der Waals surface area contributed by atoms with Crippen LogP contribution >= 0.6 is 0 Å². The summed E-state index contributed by atoms with van der Waals surface area (Å²) in [5, 5.41) is 11.8. The monoisotopic (exact) mass is 148 g/mol. The predicted octanol–water partition coefficient (Wildman–Crippen LogP) is -0.357. The van der Waals surface area contributed by atoms with Crippen molar-refractivity contribution >= 4 is 12.9 Å². The Kier molecular flexibility index (Phi) is 3.14. The minimum atomic E-state index is 0.785. The number of hydrogen-bond acceptors (Lipinski definition) is 2. The van der Waals surface area contributed by atoms with Gasteiger partial charge in [0.25, 0.3) is 0 Å². The molecule has 0 aliphatic rings. The molecule has 0 saturated heterocycles. The van der Waals surface area contributed by atoms with E-state index < -0.39 is 0 Å². The maximum atomic E-state index is 8.79. The molecule has 1 rings (SSSR count). The molecule has 0 unspecified atom stereocenters. The highest BCUT2D eigenvalue weighted by Gasteiger charge is 1.98. The zero-order chi connectivity index (χ0) is 8.10. The van der Waals surface area contributed by atoms with Crippen molar-refractivity contribution in [3.05, 3.63) is 29.8 Å². The first-order valence-electron chi connectivity index (χ1n) is 3.58. The van der Waals surface area contributed by atoms with Crippen molar-refractivity contribution in [3.8, 4) is 0 Å². The summed E-state index contributed by atoms with van der Waals surface area (Å²) in [5.41, 5.74) is 1.99. The number of nitrogens with one attached hydrogen (secondary N) is 1. The molecule has 0 aliphatic carbocycles. The van der Waals surface area contributed by atoms with E-state index in [1.54, 1.807) is 0 Å². The van der Waals surface area contributed by atoms with Crippen molar-refractivity contribution in [2.24, 2.45) is 0 Å². The first-order chi connectivity index (χ1) is 5.38. The molecule has 0 saturated carbocycles. The fourth-order valence-electron chi connectivity index (χ4n) is 1.01. The van der Waals surface area contributed by atoms with Crippen LogP contribution in [0.2, 0.25) is 0 Å². The summed E-state index contributed by atoms with van der Waals surface area (Å²) in [5.74, 6) is 0. The predicted molar refractivity (Wildman–Crippen MR) is 46.8 cm³/mol. The minimum absolute atomic E-state index is 0.785. The van der Waals surface area contributed by atoms with Crippen molar-refractivity contribution < 1.29 is 5.02 Å². The second-order valence-corrected chi connectivity index (χ2v) is 2.36. The minimum Gasteiger partial charge on any atom is -0.450 e. The lowest BCUT2D eigenvalue weighted by Crippen LogP contribution is -2.22. The molecule has 0 amide bonds. The van der Waals surface area contributed by atoms with E-state index >= 15 is 0 Å². The van der Waals surface area contributed by atoms with Gasteiger partial charge in [0.05, 0.1) is 0 Å². The molecule has 1 aromatic carbocycles. The molecule has 3 heteroatoms. The van der Waals surface area contributed by atoms with Gasteiger partial charge in [0.1, 0.15) is 0 Å². The zero-order valence-electron chi connectivity index (χ0n) is 6.54. The van der Waals surface area contributed by atoms with E-state index in [-0.39, 0.29) is 0 Å². The summed E-state index contributed by atoms with van der Waals surface area (Å²) in [4.78, 5) is 0. The van der Waals surface area contributed by atoms with E-state index in [9.17, 15) is 0 Å². The standard InChI is InChI=1S/C8H11BNO/c1-10-6-7-4-2-3-5-8(7)9-11/h2-5,10-11H,6H2,1H3. The van der Waals surface area contributed by atoms with Gasteiger partial charge in [-0.1, -0.05) is 24.3 Å². The molecule has 0 aromatic heterocycles. The molecule has 1 aromatic rings. The molecule has 0 bridgehead atoms. The maximum absolute atomic E-state index is 8.79. The zero-order valence-corrected chi connectivity index (χ0v) is 6.54. The molecule has 2 N–H and O–H groups in total. The third-order valence-electron chi connectivity index (χ3n) is 1.56. The van der Waals surface area contributed by atoms with Gasteiger partial charge in [-0.05, 0) is 18.1 Å². The molecule has 0 atom stereocenters. The van der Waals surface area contributed by atoms with E-state index in [1.165, 1.54) is 0 Å². The van der Waals surface area contributed by atoms with Gasteiger partial charge in [-0.2, -0.15) is 0 Å². The number of hydrogen-bond donors (Lipinski definition) is 2. The van der Waals surface area contributed by atoms with Crippen LogP contribution in [0.25, 0.3) is 0 Å². The average Bonchev–Trinajstić information content (AvgIpc) is 2.06. The molecule has 0 spiro atoms. The summed E-state index contributed by atoms with van der Waals surface area (Å²) in [6.07, 6.45) is 0. The molecule has 1 radical (unpaired) electrons. The van der Waals surface area contributed by atoms with Crippen LogP contribution in [0.3, 0.4) is 0 Å². The van der Waals surface area contributed by atoms with Crippen molar-refractivity contribution in [2.75, 3.05) is 7.05 Å². The highest BCUT2D eigenvalue weighted by atomic mass is 16.2. The van der Waals surface area contributed by atoms with Gasteiger partial charge < -0.3 is 10.3 Å². The van der Waals surface area contributed by atoms with E-state index in [0.29, 0.717) is 0 Å². The smallest absolute Gasteiger partial charge is 0.327 e. The van der Waals surface area contributed by atoms with Gasteiger partial charge in [-0.15, -0.1) is 0 Å². The lowest BCUT2D eigenvalue weighted by Gasteiger charge is -2.03. The molecule has 57 valence electrons. The Morgan fingerprint density at radius 2 is 2.18 bits per heavy atom. The van der Waals surface area contributed by atoms with Gasteiger partial charge in [0.2, 0.25) is 0 Å².